The summed E-state index contributed by atoms with van der Waals surface area (Å²) in [6, 6.07) is 7.63. The molecule has 2 aliphatic rings. The van der Waals surface area contributed by atoms with Gasteiger partial charge in [-0.15, -0.1) is 0 Å². The smallest absolute Gasteiger partial charge is 0.234 e. The first-order chi connectivity index (χ1) is 11.7. The van der Waals surface area contributed by atoms with Crippen LogP contribution < -0.4 is 0 Å². The van der Waals surface area contributed by atoms with Gasteiger partial charge in [-0.25, -0.2) is 0 Å². The van der Waals surface area contributed by atoms with Crippen molar-refractivity contribution < 1.29 is 9.26 Å². The SMILES string of the molecule is COC(c1noc(C23CCCN(CCC2)C3)n1)c1ccccc1Cl. The molecule has 1 unspecified atom stereocenters. The van der Waals surface area contributed by atoms with Crippen LogP contribution in [0.3, 0.4) is 0 Å². The Morgan fingerprint density at radius 2 is 2.00 bits per heavy atom. The molecule has 6 heteroatoms. The number of halogens is 1. The molecule has 5 nitrogen and oxygen atoms in total. The van der Waals surface area contributed by atoms with Crippen LogP contribution in [0.15, 0.2) is 28.8 Å². The van der Waals surface area contributed by atoms with Crippen molar-refractivity contribution in [2.24, 2.45) is 0 Å². The van der Waals surface area contributed by atoms with Crippen molar-refractivity contribution in [3.8, 4) is 0 Å². The van der Waals surface area contributed by atoms with E-state index in [0.717, 1.165) is 30.8 Å². The van der Waals surface area contributed by atoms with Gasteiger partial charge in [-0.3, -0.25) is 0 Å². The maximum Gasteiger partial charge on any atom is 0.234 e. The third kappa shape index (κ3) is 2.75. The average molecular weight is 348 g/mol. The number of nitrogens with zero attached hydrogens (tertiary/aromatic N) is 3. The molecule has 128 valence electrons. The highest BCUT2D eigenvalue weighted by atomic mass is 35.5. The second kappa shape index (κ2) is 6.47. The van der Waals surface area contributed by atoms with Gasteiger partial charge in [-0.05, 0) is 44.8 Å². The van der Waals surface area contributed by atoms with Crippen LogP contribution >= 0.6 is 11.6 Å². The van der Waals surface area contributed by atoms with E-state index < -0.39 is 6.10 Å². The minimum atomic E-state index is -0.407. The van der Waals surface area contributed by atoms with Gasteiger partial charge in [0.25, 0.3) is 0 Å². The van der Waals surface area contributed by atoms with Gasteiger partial charge in [-0.1, -0.05) is 35.0 Å². The van der Waals surface area contributed by atoms with Crippen molar-refractivity contribution in [2.75, 3.05) is 26.7 Å². The molecule has 2 aliphatic heterocycles. The Bertz CT molecular complexity index is 708. The van der Waals surface area contributed by atoms with Crippen LogP contribution in [0.1, 0.15) is 49.1 Å². The van der Waals surface area contributed by atoms with E-state index in [1.807, 2.05) is 24.3 Å². The zero-order chi connectivity index (χ0) is 16.6. The molecular formula is C18H22ClN3O2. The Labute approximate surface area is 146 Å². The zero-order valence-electron chi connectivity index (χ0n) is 13.9. The Hall–Kier alpha value is -1.43. The first kappa shape index (κ1) is 16.1. The van der Waals surface area contributed by atoms with E-state index in [1.54, 1.807) is 7.11 Å². The Morgan fingerprint density at radius 3 is 2.71 bits per heavy atom. The van der Waals surface area contributed by atoms with E-state index in [4.69, 9.17) is 25.8 Å². The van der Waals surface area contributed by atoms with E-state index in [-0.39, 0.29) is 5.41 Å². The second-order valence-electron chi connectivity index (χ2n) is 6.86. The van der Waals surface area contributed by atoms with Gasteiger partial charge in [0.05, 0.1) is 5.41 Å². The Morgan fingerprint density at radius 1 is 1.25 bits per heavy atom. The minimum absolute atomic E-state index is 0.0144. The molecule has 2 saturated heterocycles. The highest BCUT2D eigenvalue weighted by molar-refractivity contribution is 6.31. The third-order valence-electron chi connectivity index (χ3n) is 5.34. The molecular weight excluding hydrogens is 326 g/mol. The van der Waals surface area contributed by atoms with Crippen molar-refractivity contribution >= 4 is 11.6 Å². The summed E-state index contributed by atoms with van der Waals surface area (Å²) in [5.74, 6) is 1.31. The monoisotopic (exact) mass is 347 g/mol. The van der Waals surface area contributed by atoms with Crippen LogP contribution in [-0.2, 0) is 10.2 Å². The molecule has 0 radical (unpaired) electrons. The number of ether oxygens (including phenoxy) is 1. The van der Waals surface area contributed by atoms with Gasteiger partial charge < -0.3 is 14.2 Å². The van der Waals surface area contributed by atoms with E-state index in [1.165, 1.54) is 25.9 Å². The van der Waals surface area contributed by atoms with Gasteiger partial charge in [0.2, 0.25) is 11.7 Å². The summed E-state index contributed by atoms with van der Waals surface area (Å²) in [7, 11) is 1.64. The Kier molecular flexibility index (Phi) is 4.33. The molecule has 3 heterocycles. The third-order valence-corrected chi connectivity index (χ3v) is 5.68. The van der Waals surface area contributed by atoms with Crippen molar-refractivity contribution in [2.45, 2.75) is 37.2 Å². The number of benzene rings is 1. The highest BCUT2D eigenvalue weighted by Crippen LogP contribution is 2.41. The Balaban J connectivity index is 1.65. The molecule has 2 bridgehead atoms. The molecule has 0 spiro atoms. The van der Waals surface area contributed by atoms with E-state index >= 15 is 0 Å². The summed E-state index contributed by atoms with van der Waals surface area (Å²) in [6.45, 7) is 3.39. The number of aromatic nitrogens is 2. The van der Waals surface area contributed by atoms with Gasteiger partial charge in [0, 0.05) is 24.2 Å². The van der Waals surface area contributed by atoms with Crippen molar-refractivity contribution in [1.29, 1.82) is 0 Å². The summed E-state index contributed by atoms with van der Waals surface area (Å²) >= 11 is 6.31. The number of piperidine rings is 2. The lowest BCUT2D eigenvalue weighted by Gasteiger charge is -2.44. The fraction of sp³-hybridized carbons (Fsp3) is 0.556. The van der Waals surface area contributed by atoms with Gasteiger partial charge in [0.1, 0.15) is 6.10 Å². The van der Waals surface area contributed by atoms with Crippen LogP contribution in [0.4, 0.5) is 0 Å². The fourth-order valence-electron chi connectivity index (χ4n) is 4.16. The van der Waals surface area contributed by atoms with Crippen LogP contribution in [0, 0.1) is 0 Å². The summed E-state index contributed by atoms with van der Waals surface area (Å²) in [6.07, 6.45) is 4.21. The lowest BCUT2D eigenvalue weighted by molar-refractivity contribution is 0.0711. The summed E-state index contributed by atoms with van der Waals surface area (Å²) in [5, 5.41) is 4.88. The predicted octanol–water partition coefficient (Wildman–Crippen LogP) is 3.59. The molecule has 1 aromatic heterocycles. The van der Waals surface area contributed by atoms with Crippen LogP contribution in [-0.4, -0.2) is 41.8 Å². The maximum absolute atomic E-state index is 6.31. The van der Waals surface area contributed by atoms with Crippen molar-refractivity contribution in [3.05, 3.63) is 46.6 Å². The topological polar surface area (TPSA) is 51.4 Å². The predicted molar refractivity (Wildman–Crippen MR) is 91.2 cm³/mol. The van der Waals surface area contributed by atoms with Gasteiger partial charge in [0.15, 0.2) is 0 Å². The van der Waals surface area contributed by atoms with E-state index in [9.17, 15) is 0 Å². The first-order valence-electron chi connectivity index (χ1n) is 8.55. The molecule has 0 saturated carbocycles. The average Bonchev–Trinajstić information content (AvgIpc) is 3.08. The van der Waals surface area contributed by atoms with Gasteiger partial charge in [-0.2, -0.15) is 4.98 Å². The van der Waals surface area contributed by atoms with Crippen LogP contribution in [0.5, 0.6) is 0 Å². The number of hydrogen-bond acceptors (Lipinski definition) is 5. The van der Waals surface area contributed by atoms with E-state index in [2.05, 4.69) is 10.1 Å². The van der Waals surface area contributed by atoms with Crippen LogP contribution in [0.25, 0.3) is 0 Å². The standard InChI is InChI=1S/C18H22ClN3O2/c1-23-15(13-6-2-3-7-14(13)19)16-20-17(24-21-16)18-8-4-10-22(12-18)11-5-9-18/h2-3,6-7,15H,4-5,8-12H2,1H3. The molecule has 4 rings (SSSR count). The zero-order valence-corrected chi connectivity index (χ0v) is 14.6. The molecule has 1 aromatic carbocycles. The second-order valence-corrected chi connectivity index (χ2v) is 7.27. The number of methoxy groups -OCH3 is 1. The summed E-state index contributed by atoms with van der Waals surface area (Å²) in [5.41, 5.74) is 0.876. The molecule has 24 heavy (non-hydrogen) atoms. The fourth-order valence-corrected chi connectivity index (χ4v) is 4.40. The number of rotatable bonds is 4. The van der Waals surface area contributed by atoms with Crippen LogP contribution in [0.2, 0.25) is 5.02 Å². The molecule has 0 amide bonds. The molecule has 2 aromatic rings. The minimum Gasteiger partial charge on any atom is -0.368 e. The quantitative estimate of drug-likeness (QED) is 0.846. The van der Waals surface area contributed by atoms with E-state index in [0.29, 0.717) is 10.8 Å². The van der Waals surface area contributed by atoms with Gasteiger partial charge >= 0.3 is 0 Å². The van der Waals surface area contributed by atoms with Crippen molar-refractivity contribution in [3.63, 3.8) is 0 Å². The molecule has 2 fully saturated rings. The lowest BCUT2D eigenvalue weighted by atomic mass is 9.73. The molecule has 0 aliphatic carbocycles. The van der Waals surface area contributed by atoms with Crippen molar-refractivity contribution in [1.82, 2.24) is 15.0 Å². The maximum atomic E-state index is 6.31. The lowest BCUT2D eigenvalue weighted by Crippen LogP contribution is -2.50. The largest absolute Gasteiger partial charge is 0.368 e. The summed E-state index contributed by atoms with van der Waals surface area (Å²) in [4.78, 5) is 7.26. The molecule has 1 atom stereocenters. The normalized spacial score (nSPS) is 27.8. The first-order valence-corrected chi connectivity index (χ1v) is 8.93. The highest BCUT2D eigenvalue weighted by Gasteiger charge is 2.44. The number of fused-ring (bicyclic) bond motifs is 2. The number of hydrogen-bond donors (Lipinski definition) is 0. The summed E-state index contributed by atoms with van der Waals surface area (Å²) < 4.78 is 11.3. The molecule has 0 N–H and O–H groups in total.